The number of rotatable bonds is 4. The maximum atomic E-state index is 5.90. The first-order chi connectivity index (χ1) is 7.81. The van der Waals surface area contributed by atoms with E-state index in [4.69, 9.17) is 16.3 Å². The highest BCUT2D eigenvalue weighted by Crippen LogP contribution is 2.26. The van der Waals surface area contributed by atoms with E-state index in [1.54, 1.807) is 7.11 Å². The fraction of sp³-hybridized carbons (Fsp3) is 0.636. The molecule has 0 aromatic carbocycles. The van der Waals surface area contributed by atoms with Gasteiger partial charge in [-0.05, 0) is 37.3 Å². The molecule has 0 fully saturated rings. The number of halogens is 1. The summed E-state index contributed by atoms with van der Waals surface area (Å²) in [5.74, 6) is 0.881. The molecule has 88 valence electrons. The van der Waals surface area contributed by atoms with E-state index in [-0.39, 0.29) is 0 Å². The van der Waals surface area contributed by atoms with Gasteiger partial charge in [-0.3, -0.25) is 0 Å². The van der Waals surface area contributed by atoms with Crippen molar-refractivity contribution < 1.29 is 4.74 Å². The Balaban J connectivity index is 2.18. The normalized spacial score (nSPS) is 14.6. The van der Waals surface area contributed by atoms with Crippen molar-refractivity contribution in [3.63, 3.8) is 0 Å². The third-order valence-electron chi connectivity index (χ3n) is 2.75. The highest BCUT2D eigenvalue weighted by Gasteiger charge is 2.16. The van der Waals surface area contributed by atoms with Gasteiger partial charge in [-0.25, -0.2) is 9.97 Å². The standard InChI is InChI=1S/C11H16ClN3O/c1-16-7-6-13-10-8-4-2-3-5-9(8)14-11(12)15-10/h2-7H2,1H3,(H,13,14,15). The molecule has 5 heteroatoms. The average Bonchev–Trinajstić information content (AvgIpc) is 2.29. The molecule has 4 nitrogen and oxygen atoms in total. The van der Waals surface area contributed by atoms with Gasteiger partial charge in [0.25, 0.3) is 0 Å². The number of nitrogens with one attached hydrogen (secondary N) is 1. The number of methoxy groups -OCH3 is 1. The predicted octanol–water partition coefficient (Wildman–Crippen LogP) is 2.07. The second-order valence-corrected chi connectivity index (χ2v) is 4.23. The van der Waals surface area contributed by atoms with Gasteiger partial charge in [-0.2, -0.15) is 0 Å². The van der Waals surface area contributed by atoms with E-state index in [0.29, 0.717) is 11.9 Å². The molecular weight excluding hydrogens is 226 g/mol. The van der Waals surface area contributed by atoms with Gasteiger partial charge in [-0.15, -0.1) is 0 Å². The van der Waals surface area contributed by atoms with Gasteiger partial charge in [0.05, 0.1) is 12.3 Å². The van der Waals surface area contributed by atoms with E-state index in [0.717, 1.165) is 30.9 Å². The van der Waals surface area contributed by atoms with Gasteiger partial charge in [0.15, 0.2) is 0 Å². The summed E-state index contributed by atoms with van der Waals surface area (Å²) < 4.78 is 5.00. The summed E-state index contributed by atoms with van der Waals surface area (Å²) in [6, 6.07) is 0. The highest BCUT2D eigenvalue weighted by molar-refractivity contribution is 6.28. The fourth-order valence-electron chi connectivity index (χ4n) is 1.98. The van der Waals surface area contributed by atoms with Crippen LogP contribution in [-0.4, -0.2) is 30.2 Å². The molecule has 2 rings (SSSR count). The third kappa shape index (κ3) is 2.62. The predicted molar refractivity (Wildman–Crippen MR) is 64.0 cm³/mol. The van der Waals surface area contributed by atoms with Crippen molar-refractivity contribution in [3.8, 4) is 0 Å². The molecule has 0 atom stereocenters. The molecule has 1 N–H and O–H groups in total. The third-order valence-corrected chi connectivity index (χ3v) is 2.92. The molecule has 1 aliphatic rings. The first-order valence-corrected chi connectivity index (χ1v) is 5.97. The van der Waals surface area contributed by atoms with Gasteiger partial charge in [0, 0.05) is 19.2 Å². The van der Waals surface area contributed by atoms with Gasteiger partial charge in [0.1, 0.15) is 5.82 Å². The molecule has 0 aliphatic heterocycles. The summed E-state index contributed by atoms with van der Waals surface area (Å²) in [4.78, 5) is 8.53. The van der Waals surface area contributed by atoms with Gasteiger partial charge in [0.2, 0.25) is 5.28 Å². The van der Waals surface area contributed by atoms with Crippen LogP contribution in [0.1, 0.15) is 24.1 Å². The Labute approximate surface area is 100 Å². The molecule has 0 unspecified atom stereocenters. The second kappa shape index (κ2) is 5.46. The summed E-state index contributed by atoms with van der Waals surface area (Å²) in [7, 11) is 1.68. The zero-order valence-electron chi connectivity index (χ0n) is 9.42. The minimum absolute atomic E-state index is 0.334. The van der Waals surface area contributed by atoms with E-state index in [2.05, 4.69) is 15.3 Å². The van der Waals surface area contributed by atoms with Crippen LogP contribution >= 0.6 is 11.6 Å². The molecule has 0 spiro atoms. The van der Waals surface area contributed by atoms with Crippen molar-refractivity contribution in [3.05, 3.63) is 16.5 Å². The quantitative estimate of drug-likeness (QED) is 0.648. The van der Waals surface area contributed by atoms with E-state index >= 15 is 0 Å². The molecule has 0 saturated heterocycles. The molecular formula is C11H16ClN3O. The topological polar surface area (TPSA) is 47.0 Å². The fourth-order valence-corrected chi connectivity index (χ4v) is 2.17. The van der Waals surface area contributed by atoms with Crippen LogP contribution in [0, 0.1) is 0 Å². The van der Waals surface area contributed by atoms with E-state index in [9.17, 15) is 0 Å². The first kappa shape index (κ1) is 11.6. The van der Waals surface area contributed by atoms with Crippen LogP contribution in [0.25, 0.3) is 0 Å². The zero-order chi connectivity index (χ0) is 11.4. The van der Waals surface area contributed by atoms with E-state index in [1.165, 1.54) is 18.4 Å². The van der Waals surface area contributed by atoms with Crippen LogP contribution in [-0.2, 0) is 17.6 Å². The summed E-state index contributed by atoms with van der Waals surface area (Å²) in [6.45, 7) is 1.41. The Morgan fingerprint density at radius 2 is 2.12 bits per heavy atom. The molecule has 0 radical (unpaired) electrons. The Bertz CT molecular complexity index is 370. The van der Waals surface area contributed by atoms with Crippen molar-refractivity contribution in [1.29, 1.82) is 0 Å². The Morgan fingerprint density at radius 1 is 1.31 bits per heavy atom. The zero-order valence-corrected chi connectivity index (χ0v) is 10.2. The van der Waals surface area contributed by atoms with Crippen LogP contribution in [0.15, 0.2) is 0 Å². The molecule has 1 aromatic heterocycles. The van der Waals surface area contributed by atoms with E-state index in [1.807, 2.05) is 0 Å². The minimum Gasteiger partial charge on any atom is -0.383 e. The lowest BCUT2D eigenvalue weighted by molar-refractivity contribution is 0.210. The Kier molecular flexibility index (Phi) is 3.96. The summed E-state index contributed by atoms with van der Waals surface area (Å²) >= 11 is 5.90. The van der Waals surface area contributed by atoms with Crippen LogP contribution < -0.4 is 5.32 Å². The Hall–Kier alpha value is -0.870. The SMILES string of the molecule is COCCNc1nc(Cl)nc2c1CCCC2. The first-order valence-electron chi connectivity index (χ1n) is 5.59. The van der Waals surface area contributed by atoms with Crippen LogP contribution in [0.2, 0.25) is 5.28 Å². The maximum absolute atomic E-state index is 5.90. The lowest BCUT2D eigenvalue weighted by Gasteiger charge is -2.18. The number of hydrogen-bond acceptors (Lipinski definition) is 4. The number of hydrogen-bond donors (Lipinski definition) is 1. The van der Waals surface area contributed by atoms with Crippen molar-refractivity contribution in [2.75, 3.05) is 25.6 Å². The molecule has 0 bridgehead atoms. The van der Waals surface area contributed by atoms with Gasteiger partial charge in [-0.1, -0.05) is 0 Å². The van der Waals surface area contributed by atoms with Gasteiger partial charge >= 0.3 is 0 Å². The molecule has 0 saturated carbocycles. The second-order valence-electron chi connectivity index (χ2n) is 3.89. The largest absolute Gasteiger partial charge is 0.383 e. The number of nitrogens with zero attached hydrogens (tertiary/aromatic N) is 2. The van der Waals surface area contributed by atoms with E-state index < -0.39 is 0 Å². The lowest BCUT2D eigenvalue weighted by atomic mass is 9.96. The van der Waals surface area contributed by atoms with Crippen molar-refractivity contribution in [1.82, 2.24) is 9.97 Å². The summed E-state index contributed by atoms with van der Waals surface area (Å²) in [6.07, 6.45) is 4.45. The number of aromatic nitrogens is 2. The molecule has 1 heterocycles. The lowest BCUT2D eigenvalue weighted by Crippen LogP contribution is -2.15. The number of aryl methyl sites for hydroxylation is 1. The van der Waals surface area contributed by atoms with Crippen molar-refractivity contribution in [2.24, 2.45) is 0 Å². The molecule has 0 amide bonds. The average molecular weight is 242 g/mol. The van der Waals surface area contributed by atoms with Gasteiger partial charge < -0.3 is 10.1 Å². The number of ether oxygens (including phenoxy) is 1. The summed E-state index contributed by atoms with van der Waals surface area (Å²) in [5, 5.41) is 3.59. The maximum Gasteiger partial charge on any atom is 0.224 e. The summed E-state index contributed by atoms with van der Waals surface area (Å²) in [5.41, 5.74) is 2.33. The monoisotopic (exact) mass is 241 g/mol. The molecule has 1 aromatic rings. The molecule has 1 aliphatic carbocycles. The number of anilines is 1. The van der Waals surface area contributed by atoms with Crippen molar-refractivity contribution in [2.45, 2.75) is 25.7 Å². The number of fused-ring (bicyclic) bond motifs is 1. The molecule has 16 heavy (non-hydrogen) atoms. The van der Waals surface area contributed by atoms with Crippen LogP contribution in [0.4, 0.5) is 5.82 Å². The van der Waals surface area contributed by atoms with Crippen LogP contribution in [0.5, 0.6) is 0 Å². The smallest absolute Gasteiger partial charge is 0.224 e. The van der Waals surface area contributed by atoms with Crippen LogP contribution in [0.3, 0.4) is 0 Å². The Morgan fingerprint density at radius 3 is 2.94 bits per heavy atom. The minimum atomic E-state index is 0.334. The highest BCUT2D eigenvalue weighted by atomic mass is 35.5. The van der Waals surface area contributed by atoms with Crippen molar-refractivity contribution >= 4 is 17.4 Å².